The highest BCUT2D eigenvalue weighted by Gasteiger charge is 2.29. The molecule has 0 fully saturated rings. The molecular formula is C16H25O4P. The van der Waals surface area contributed by atoms with Gasteiger partial charge in [-0.1, -0.05) is 36.4 Å². The normalized spacial score (nSPS) is 12.7. The Morgan fingerprint density at radius 1 is 1.10 bits per heavy atom. The van der Waals surface area contributed by atoms with Gasteiger partial charge in [0.1, 0.15) is 0 Å². The van der Waals surface area contributed by atoms with Crippen molar-refractivity contribution in [2.24, 2.45) is 0 Å². The summed E-state index contributed by atoms with van der Waals surface area (Å²) in [4.78, 5) is 0. The van der Waals surface area contributed by atoms with E-state index < -0.39 is 7.82 Å². The molecule has 0 radical (unpaired) electrons. The number of hydrogen-bond acceptors (Lipinski definition) is 4. The van der Waals surface area contributed by atoms with Crippen molar-refractivity contribution in [1.82, 2.24) is 0 Å². The molecule has 1 aromatic rings. The molecule has 0 N–H and O–H groups in total. The molecule has 0 spiro atoms. The summed E-state index contributed by atoms with van der Waals surface area (Å²) in [6.07, 6.45) is 3.29. The van der Waals surface area contributed by atoms with Crippen LogP contribution in [-0.2, 0) is 18.1 Å². The summed E-state index contributed by atoms with van der Waals surface area (Å²) in [6, 6.07) is 8.02. The van der Waals surface area contributed by atoms with E-state index in [9.17, 15) is 4.57 Å². The molecule has 0 bridgehead atoms. The van der Waals surface area contributed by atoms with Gasteiger partial charge in [-0.25, -0.2) is 4.57 Å². The molecule has 4 nitrogen and oxygen atoms in total. The van der Waals surface area contributed by atoms with Crippen molar-refractivity contribution < 1.29 is 18.1 Å². The second-order valence-electron chi connectivity index (χ2n) is 5.31. The lowest BCUT2D eigenvalue weighted by atomic mass is 10.1. The standard InChI is InChI=1S/C16H25O4P/c1-13(2)19-21(17,20-14(3)4)18-12-8-11-16-10-7-6-9-15(16)5/h6-11,13-14H,12H2,1-5H3/b11-8+. The molecular weight excluding hydrogens is 287 g/mol. The van der Waals surface area contributed by atoms with Crippen LogP contribution in [0.1, 0.15) is 38.8 Å². The van der Waals surface area contributed by atoms with Crippen molar-refractivity contribution >= 4 is 13.9 Å². The van der Waals surface area contributed by atoms with E-state index in [-0.39, 0.29) is 18.8 Å². The molecule has 1 rings (SSSR count). The smallest absolute Gasteiger partial charge is 0.284 e. The molecule has 0 aromatic heterocycles. The van der Waals surface area contributed by atoms with Gasteiger partial charge in [0.25, 0.3) is 0 Å². The Bertz CT molecular complexity index is 495. The maximum Gasteiger partial charge on any atom is 0.475 e. The number of phosphoric acid groups is 1. The first kappa shape index (κ1) is 18.1. The second-order valence-corrected chi connectivity index (χ2v) is 6.88. The Morgan fingerprint density at radius 2 is 1.67 bits per heavy atom. The lowest BCUT2D eigenvalue weighted by Gasteiger charge is -2.21. The molecule has 5 heteroatoms. The van der Waals surface area contributed by atoms with E-state index in [2.05, 4.69) is 0 Å². The third kappa shape index (κ3) is 7.05. The van der Waals surface area contributed by atoms with E-state index in [0.717, 1.165) is 5.56 Å². The minimum atomic E-state index is -3.52. The predicted molar refractivity (Wildman–Crippen MR) is 86.2 cm³/mol. The third-order valence-corrected chi connectivity index (χ3v) is 4.32. The Hall–Kier alpha value is -0.930. The lowest BCUT2D eigenvalue weighted by Crippen LogP contribution is -2.10. The van der Waals surface area contributed by atoms with E-state index >= 15 is 0 Å². The zero-order chi connectivity index (χ0) is 15.9. The molecule has 0 aliphatic heterocycles. The van der Waals surface area contributed by atoms with Crippen LogP contribution in [0.5, 0.6) is 0 Å². The van der Waals surface area contributed by atoms with Gasteiger partial charge in [0.15, 0.2) is 0 Å². The molecule has 1 aromatic carbocycles. The average molecular weight is 312 g/mol. The topological polar surface area (TPSA) is 44.8 Å². The Labute approximate surface area is 127 Å². The number of hydrogen-bond donors (Lipinski definition) is 0. The van der Waals surface area contributed by atoms with Crippen LogP contribution in [0.4, 0.5) is 0 Å². The summed E-state index contributed by atoms with van der Waals surface area (Å²) in [6.45, 7) is 9.39. The number of rotatable bonds is 8. The number of aryl methyl sites for hydroxylation is 1. The molecule has 21 heavy (non-hydrogen) atoms. The van der Waals surface area contributed by atoms with E-state index in [1.54, 1.807) is 27.7 Å². The first-order valence-corrected chi connectivity index (χ1v) is 8.62. The summed E-state index contributed by atoms with van der Waals surface area (Å²) in [5, 5.41) is 0. The fraction of sp³-hybridized carbons (Fsp3) is 0.500. The maximum absolute atomic E-state index is 12.4. The van der Waals surface area contributed by atoms with Crippen molar-refractivity contribution in [2.45, 2.75) is 46.8 Å². The van der Waals surface area contributed by atoms with Gasteiger partial charge in [-0.05, 0) is 45.7 Å². The van der Waals surface area contributed by atoms with Gasteiger partial charge in [0.05, 0.1) is 18.8 Å². The zero-order valence-electron chi connectivity index (χ0n) is 13.4. The van der Waals surface area contributed by atoms with Crippen molar-refractivity contribution in [3.63, 3.8) is 0 Å². The van der Waals surface area contributed by atoms with Gasteiger partial charge in [0, 0.05) is 0 Å². The predicted octanol–water partition coefficient (Wildman–Crippen LogP) is 4.98. The molecule has 0 heterocycles. The number of benzene rings is 1. The van der Waals surface area contributed by atoms with Gasteiger partial charge < -0.3 is 0 Å². The monoisotopic (exact) mass is 312 g/mol. The van der Waals surface area contributed by atoms with Crippen LogP contribution in [-0.4, -0.2) is 18.8 Å². The second kappa shape index (κ2) is 8.50. The molecule has 0 saturated carbocycles. The average Bonchev–Trinajstić information content (AvgIpc) is 2.34. The molecule has 0 atom stereocenters. The lowest BCUT2D eigenvalue weighted by molar-refractivity contribution is 0.0783. The zero-order valence-corrected chi connectivity index (χ0v) is 14.3. The number of phosphoric ester groups is 1. The van der Waals surface area contributed by atoms with Crippen LogP contribution in [0, 0.1) is 6.92 Å². The Balaban J connectivity index is 2.61. The van der Waals surface area contributed by atoms with Crippen molar-refractivity contribution in [1.29, 1.82) is 0 Å². The van der Waals surface area contributed by atoms with Crippen LogP contribution < -0.4 is 0 Å². The fourth-order valence-corrected chi connectivity index (χ4v) is 3.16. The van der Waals surface area contributed by atoms with Crippen molar-refractivity contribution in [2.75, 3.05) is 6.61 Å². The van der Waals surface area contributed by atoms with Gasteiger partial charge in [-0.3, -0.25) is 13.6 Å². The largest absolute Gasteiger partial charge is 0.475 e. The van der Waals surface area contributed by atoms with E-state index in [1.165, 1.54) is 5.56 Å². The first-order valence-electron chi connectivity index (χ1n) is 7.16. The highest BCUT2D eigenvalue weighted by Crippen LogP contribution is 2.51. The quantitative estimate of drug-likeness (QED) is 0.635. The summed E-state index contributed by atoms with van der Waals surface area (Å²) in [5.74, 6) is 0. The minimum absolute atomic E-state index is 0.172. The summed E-state index contributed by atoms with van der Waals surface area (Å²) < 4.78 is 28.4. The van der Waals surface area contributed by atoms with E-state index in [1.807, 2.05) is 43.3 Å². The fourth-order valence-electron chi connectivity index (χ4n) is 1.69. The van der Waals surface area contributed by atoms with Crippen LogP contribution in [0.25, 0.3) is 6.08 Å². The molecule has 118 valence electrons. The first-order chi connectivity index (χ1) is 9.82. The summed E-state index contributed by atoms with van der Waals surface area (Å²) >= 11 is 0. The van der Waals surface area contributed by atoms with Gasteiger partial charge >= 0.3 is 7.82 Å². The third-order valence-electron chi connectivity index (χ3n) is 2.49. The molecule has 0 unspecified atom stereocenters. The van der Waals surface area contributed by atoms with Crippen LogP contribution in [0.2, 0.25) is 0 Å². The highest BCUT2D eigenvalue weighted by molar-refractivity contribution is 7.48. The Morgan fingerprint density at radius 3 is 2.19 bits per heavy atom. The van der Waals surface area contributed by atoms with Gasteiger partial charge in [-0.2, -0.15) is 0 Å². The SMILES string of the molecule is Cc1ccccc1/C=C/COP(=O)(OC(C)C)OC(C)C. The summed E-state index contributed by atoms with van der Waals surface area (Å²) in [5.41, 5.74) is 2.28. The highest BCUT2D eigenvalue weighted by atomic mass is 31.2. The minimum Gasteiger partial charge on any atom is -0.284 e. The summed E-state index contributed by atoms with van der Waals surface area (Å²) in [7, 11) is -3.52. The van der Waals surface area contributed by atoms with E-state index in [4.69, 9.17) is 13.6 Å². The van der Waals surface area contributed by atoms with E-state index in [0.29, 0.717) is 0 Å². The van der Waals surface area contributed by atoms with Gasteiger partial charge in [0.2, 0.25) is 0 Å². The van der Waals surface area contributed by atoms with Crippen LogP contribution in [0.15, 0.2) is 30.3 Å². The van der Waals surface area contributed by atoms with Gasteiger partial charge in [-0.15, -0.1) is 0 Å². The maximum atomic E-state index is 12.4. The van der Waals surface area contributed by atoms with Crippen molar-refractivity contribution in [3.05, 3.63) is 41.5 Å². The molecule has 0 amide bonds. The molecule has 0 saturated heterocycles. The van der Waals surface area contributed by atoms with Crippen molar-refractivity contribution in [3.8, 4) is 0 Å². The van der Waals surface area contributed by atoms with Crippen LogP contribution in [0.3, 0.4) is 0 Å². The molecule has 0 aliphatic rings. The Kier molecular flexibility index (Phi) is 7.33. The van der Waals surface area contributed by atoms with Crippen LogP contribution >= 0.6 is 7.82 Å². The molecule has 0 aliphatic carbocycles.